The van der Waals surface area contributed by atoms with E-state index in [0.29, 0.717) is 11.7 Å². The molecule has 1 N–H and O–H groups in total. The first-order valence-corrected chi connectivity index (χ1v) is 6.11. The van der Waals surface area contributed by atoms with Crippen molar-refractivity contribution in [1.82, 2.24) is 9.78 Å². The van der Waals surface area contributed by atoms with Gasteiger partial charge in [-0.05, 0) is 24.8 Å². The number of anilines is 1. The zero-order chi connectivity index (χ0) is 13.1. The second-order valence-corrected chi connectivity index (χ2v) is 4.75. The number of nitrogens with zero attached hydrogens (tertiary/aromatic N) is 3. The molecule has 0 aromatic carbocycles. The van der Waals surface area contributed by atoms with Crippen molar-refractivity contribution in [2.24, 2.45) is 5.92 Å². The summed E-state index contributed by atoms with van der Waals surface area (Å²) in [5, 5.41) is 12.8. The molecular formula is C12H17N3O3. The Hall–Kier alpha value is -1.85. The van der Waals surface area contributed by atoms with Crippen LogP contribution >= 0.6 is 0 Å². The third-order valence-corrected chi connectivity index (χ3v) is 3.25. The van der Waals surface area contributed by atoms with Gasteiger partial charge in [0.2, 0.25) is 0 Å². The fraction of sp³-hybridized carbons (Fsp3) is 0.583. The molecule has 1 aliphatic heterocycles. The van der Waals surface area contributed by atoms with Crippen molar-refractivity contribution >= 4 is 11.8 Å². The maximum atomic E-state index is 11.5. The standard InChI is InChI=1S/C12H17N3O3/c1-9-4-6-14(7-5-9)10-2-3-11(16)15(13-10)8-12(17)18/h2-3,9H,4-8H2,1H3,(H,17,18). The Morgan fingerprint density at radius 2 is 2.11 bits per heavy atom. The van der Waals surface area contributed by atoms with Crippen LogP contribution in [0.4, 0.5) is 5.82 Å². The number of carboxylic acids is 1. The van der Waals surface area contributed by atoms with Gasteiger partial charge in [0.05, 0.1) is 0 Å². The number of hydrogen-bond acceptors (Lipinski definition) is 4. The number of rotatable bonds is 3. The quantitative estimate of drug-likeness (QED) is 0.849. The molecule has 0 aliphatic carbocycles. The van der Waals surface area contributed by atoms with E-state index in [1.165, 1.54) is 6.07 Å². The number of aliphatic carboxylic acids is 1. The highest BCUT2D eigenvalue weighted by atomic mass is 16.4. The normalized spacial score (nSPS) is 16.8. The van der Waals surface area contributed by atoms with Gasteiger partial charge in [-0.25, -0.2) is 4.68 Å². The molecular weight excluding hydrogens is 234 g/mol. The number of carboxylic acid groups (broad SMARTS) is 1. The highest BCUT2D eigenvalue weighted by Crippen LogP contribution is 2.20. The lowest BCUT2D eigenvalue weighted by atomic mass is 9.99. The number of piperidine rings is 1. The third-order valence-electron chi connectivity index (χ3n) is 3.25. The monoisotopic (exact) mass is 251 g/mol. The van der Waals surface area contributed by atoms with Gasteiger partial charge in [0.25, 0.3) is 5.56 Å². The van der Waals surface area contributed by atoms with Crippen LogP contribution in [-0.4, -0.2) is 33.9 Å². The predicted molar refractivity (Wildman–Crippen MR) is 66.7 cm³/mol. The summed E-state index contributed by atoms with van der Waals surface area (Å²) in [5.74, 6) is 0.336. The van der Waals surface area contributed by atoms with Gasteiger partial charge < -0.3 is 10.0 Å². The van der Waals surface area contributed by atoms with E-state index in [0.717, 1.165) is 30.6 Å². The molecule has 0 unspecified atom stereocenters. The van der Waals surface area contributed by atoms with Crippen LogP contribution < -0.4 is 10.5 Å². The molecule has 0 atom stereocenters. The van der Waals surface area contributed by atoms with Gasteiger partial charge in [-0.1, -0.05) is 6.92 Å². The summed E-state index contributed by atoms with van der Waals surface area (Å²) in [7, 11) is 0. The van der Waals surface area contributed by atoms with E-state index in [1.54, 1.807) is 6.07 Å². The first-order chi connectivity index (χ1) is 8.56. The molecule has 0 bridgehead atoms. The van der Waals surface area contributed by atoms with Crippen molar-refractivity contribution in [1.29, 1.82) is 0 Å². The van der Waals surface area contributed by atoms with Crippen molar-refractivity contribution in [3.8, 4) is 0 Å². The van der Waals surface area contributed by atoms with Gasteiger partial charge in [0.15, 0.2) is 0 Å². The van der Waals surface area contributed by atoms with Gasteiger partial charge in [-0.15, -0.1) is 0 Å². The topological polar surface area (TPSA) is 75.4 Å². The Kier molecular flexibility index (Phi) is 3.64. The first kappa shape index (κ1) is 12.6. The molecule has 0 amide bonds. The third kappa shape index (κ3) is 2.88. The lowest BCUT2D eigenvalue weighted by Crippen LogP contribution is -2.35. The van der Waals surface area contributed by atoms with Crippen molar-refractivity contribution < 1.29 is 9.90 Å². The highest BCUT2D eigenvalue weighted by Gasteiger charge is 2.17. The van der Waals surface area contributed by atoms with Crippen LogP contribution in [0.25, 0.3) is 0 Å². The summed E-state index contributed by atoms with van der Waals surface area (Å²) >= 11 is 0. The van der Waals surface area contributed by atoms with Crippen LogP contribution in [0.5, 0.6) is 0 Å². The first-order valence-electron chi connectivity index (χ1n) is 6.11. The molecule has 0 spiro atoms. The molecule has 1 saturated heterocycles. The van der Waals surface area contributed by atoms with Crippen LogP contribution in [0.15, 0.2) is 16.9 Å². The molecule has 2 rings (SSSR count). The Morgan fingerprint density at radius 3 is 2.72 bits per heavy atom. The van der Waals surface area contributed by atoms with Gasteiger partial charge in [-0.2, -0.15) is 5.10 Å². The van der Waals surface area contributed by atoms with E-state index in [4.69, 9.17) is 5.11 Å². The predicted octanol–water partition coefficient (Wildman–Crippen LogP) is 0.564. The van der Waals surface area contributed by atoms with Crippen LogP contribution in [0, 0.1) is 5.92 Å². The van der Waals surface area contributed by atoms with E-state index < -0.39 is 12.5 Å². The molecule has 1 aromatic rings. The van der Waals surface area contributed by atoms with Gasteiger partial charge in [0, 0.05) is 19.2 Å². The number of carbonyl (C=O) groups is 1. The molecule has 2 heterocycles. The largest absolute Gasteiger partial charge is 0.480 e. The summed E-state index contributed by atoms with van der Waals surface area (Å²) in [6, 6.07) is 3.04. The second-order valence-electron chi connectivity index (χ2n) is 4.75. The maximum absolute atomic E-state index is 11.5. The Balaban J connectivity index is 2.18. The molecule has 0 radical (unpaired) electrons. The molecule has 1 aliphatic rings. The van der Waals surface area contributed by atoms with Gasteiger partial charge in [0.1, 0.15) is 12.4 Å². The maximum Gasteiger partial charge on any atom is 0.325 e. The fourth-order valence-corrected chi connectivity index (χ4v) is 2.09. The van der Waals surface area contributed by atoms with Crippen LogP contribution in [0.1, 0.15) is 19.8 Å². The van der Waals surface area contributed by atoms with E-state index in [1.807, 2.05) is 0 Å². The second kappa shape index (κ2) is 5.20. The van der Waals surface area contributed by atoms with Crippen molar-refractivity contribution in [2.45, 2.75) is 26.3 Å². The number of aromatic nitrogens is 2. The molecule has 18 heavy (non-hydrogen) atoms. The summed E-state index contributed by atoms with van der Waals surface area (Å²) < 4.78 is 0.996. The van der Waals surface area contributed by atoms with E-state index in [-0.39, 0.29) is 5.56 Å². The summed E-state index contributed by atoms with van der Waals surface area (Å²) in [4.78, 5) is 24.2. The van der Waals surface area contributed by atoms with Crippen molar-refractivity contribution in [2.75, 3.05) is 18.0 Å². The fourth-order valence-electron chi connectivity index (χ4n) is 2.09. The SMILES string of the molecule is CC1CCN(c2ccc(=O)n(CC(=O)O)n2)CC1. The average molecular weight is 251 g/mol. The highest BCUT2D eigenvalue weighted by molar-refractivity contribution is 5.66. The summed E-state index contributed by atoms with van der Waals surface area (Å²) in [6.07, 6.45) is 2.19. The zero-order valence-electron chi connectivity index (χ0n) is 10.4. The molecule has 98 valence electrons. The Morgan fingerprint density at radius 1 is 1.44 bits per heavy atom. The smallest absolute Gasteiger partial charge is 0.325 e. The lowest BCUT2D eigenvalue weighted by molar-refractivity contribution is -0.138. The number of hydrogen-bond donors (Lipinski definition) is 1. The Bertz CT molecular complexity index is 490. The van der Waals surface area contributed by atoms with Gasteiger partial charge in [-0.3, -0.25) is 9.59 Å². The minimum atomic E-state index is -1.06. The van der Waals surface area contributed by atoms with E-state index >= 15 is 0 Å². The molecule has 6 heteroatoms. The molecule has 6 nitrogen and oxygen atoms in total. The zero-order valence-corrected chi connectivity index (χ0v) is 10.4. The van der Waals surface area contributed by atoms with Crippen molar-refractivity contribution in [3.63, 3.8) is 0 Å². The summed E-state index contributed by atoms with van der Waals surface area (Å²) in [5.41, 5.74) is -0.383. The average Bonchev–Trinajstić information content (AvgIpc) is 2.32. The summed E-state index contributed by atoms with van der Waals surface area (Å²) in [6.45, 7) is 3.63. The minimum Gasteiger partial charge on any atom is -0.480 e. The lowest BCUT2D eigenvalue weighted by Gasteiger charge is -2.31. The molecule has 1 aromatic heterocycles. The van der Waals surface area contributed by atoms with Crippen LogP contribution in [0.3, 0.4) is 0 Å². The van der Waals surface area contributed by atoms with Crippen LogP contribution in [0.2, 0.25) is 0 Å². The van der Waals surface area contributed by atoms with Crippen molar-refractivity contribution in [3.05, 3.63) is 22.5 Å². The Labute approximate surface area is 105 Å². The molecule has 0 saturated carbocycles. The van der Waals surface area contributed by atoms with Gasteiger partial charge >= 0.3 is 5.97 Å². The van der Waals surface area contributed by atoms with Crippen LogP contribution in [-0.2, 0) is 11.3 Å². The van der Waals surface area contributed by atoms with E-state index in [9.17, 15) is 9.59 Å². The molecule has 1 fully saturated rings. The minimum absolute atomic E-state index is 0.383. The van der Waals surface area contributed by atoms with E-state index in [2.05, 4.69) is 16.9 Å².